The first-order chi connectivity index (χ1) is 8.38. The average molecular weight is 264 g/mol. The van der Waals surface area contributed by atoms with Gasteiger partial charge >= 0.3 is 0 Å². The lowest BCUT2D eigenvalue weighted by Gasteiger charge is -2.27. The van der Waals surface area contributed by atoms with Gasteiger partial charge in [0, 0.05) is 11.4 Å². The third kappa shape index (κ3) is 4.02. The molecule has 1 N–H and O–H groups in total. The summed E-state index contributed by atoms with van der Waals surface area (Å²) < 4.78 is 14.9. The SMILES string of the molecule is CC[C@H](N[S@@+]([O-])C(C)(C)C)c1cccc(C#N)c1. The van der Waals surface area contributed by atoms with Crippen LogP contribution in [0.15, 0.2) is 24.3 Å². The molecule has 18 heavy (non-hydrogen) atoms. The highest BCUT2D eigenvalue weighted by molar-refractivity contribution is 7.90. The van der Waals surface area contributed by atoms with Crippen molar-refractivity contribution in [2.75, 3.05) is 0 Å². The van der Waals surface area contributed by atoms with E-state index >= 15 is 0 Å². The van der Waals surface area contributed by atoms with E-state index in [1.165, 1.54) is 0 Å². The number of nitriles is 1. The minimum Gasteiger partial charge on any atom is -0.598 e. The summed E-state index contributed by atoms with van der Waals surface area (Å²) in [4.78, 5) is 0. The molecule has 4 heteroatoms. The van der Waals surface area contributed by atoms with Crippen LogP contribution in [0.5, 0.6) is 0 Å². The van der Waals surface area contributed by atoms with E-state index in [0.717, 1.165) is 12.0 Å². The lowest BCUT2D eigenvalue weighted by atomic mass is 10.0. The molecule has 0 fully saturated rings. The van der Waals surface area contributed by atoms with Crippen molar-refractivity contribution in [3.63, 3.8) is 0 Å². The van der Waals surface area contributed by atoms with Gasteiger partial charge in [0.1, 0.15) is 4.75 Å². The fourth-order valence-electron chi connectivity index (χ4n) is 1.52. The molecule has 1 aromatic rings. The molecule has 0 saturated heterocycles. The molecule has 0 heterocycles. The van der Waals surface area contributed by atoms with Gasteiger partial charge in [-0.15, -0.1) is 4.72 Å². The maximum atomic E-state index is 12.1. The molecule has 0 bridgehead atoms. The highest BCUT2D eigenvalue weighted by atomic mass is 32.2. The summed E-state index contributed by atoms with van der Waals surface area (Å²) in [6.45, 7) is 7.86. The Morgan fingerprint density at radius 2 is 2.11 bits per heavy atom. The molecule has 1 rings (SSSR count). The van der Waals surface area contributed by atoms with Crippen LogP contribution in [0.3, 0.4) is 0 Å². The van der Waals surface area contributed by atoms with Crippen molar-refractivity contribution in [3.05, 3.63) is 35.4 Å². The Bertz CT molecular complexity index is 434. The zero-order valence-corrected chi connectivity index (χ0v) is 12.2. The van der Waals surface area contributed by atoms with Crippen molar-refractivity contribution >= 4 is 11.4 Å². The molecule has 0 aliphatic rings. The lowest BCUT2D eigenvalue weighted by Crippen LogP contribution is -2.41. The summed E-state index contributed by atoms with van der Waals surface area (Å²) >= 11 is -1.11. The minimum absolute atomic E-state index is 0.0124. The van der Waals surface area contributed by atoms with Gasteiger partial charge in [-0.25, -0.2) is 0 Å². The van der Waals surface area contributed by atoms with Crippen LogP contribution < -0.4 is 4.72 Å². The van der Waals surface area contributed by atoms with Gasteiger partial charge in [0.25, 0.3) is 0 Å². The molecular formula is C14H20N2OS. The van der Waals surface area contributed by atoms with Gasteiger partial charge in [0.05, 0.1) is 17.7 Å². The number of hydrogen-bond acceptors (Lipinski definition) is 3. The van der Waals surface area contributed by atoms with Crippen LogP contribution in [0.1, 0.15) is 51.3 Å². The standard InChI is InChI=1S/C14H20N2OS/c1-5-13(16-18(17)14(2,3)4)12-8-6-7-11(9-12)10-15/h6-9,13,16H,5H2,1-4H3/t13-,18-/m0/s1. The topological polar surface area (TPSA) is 58.9 Å². The number of nitrogens with zero attached hydrogens (tertiary/aromatic N) is 1. The molecule has 0 unspecified atom stereocenters. The smallest absolute Gasteiger partial charge is 0.136 e. The first-order valence-electron chi connectivity index (χ1n) is 6.06. The Morgan fingerprint density at radius 3 is 2.61 bits per heavy atom. The summed E-state index contributed by atoms with van der Waals surface area (Å²) in [6, 6.07) is 9.58. The fraction of sp³-hybridized carbons (Fsp3) is 0.500. The second-order valence-electron chi connectivity index (χ2n) is 5.20. The number of hydrogen-bond donors (Lipinski definition) is 1. The minimum atomic E-state index is -1.11. The van der Waals surface area contributed by atoms with E-state index < -0.39 is 11.4 Å². The molecule has 0 radical (unpaired) electrons. The Labute approximate surface area is 113 Å². The monoisotopic (exact) mass is 264 g/mol. The van der Waals surface area contributed by atoms with Gasteiger partial charge in [-0.1, -0.05) is 19.1 Å². The molecular weight excluding hydrogens is 244 g/mol. The third-order valence-electron chi connectivity index (χ3n) is 2.63. The normalized spacial score (nSPS) is 14.9. The van der Waals surface area contributed by atoms with Crippen molar-refractivity contribution < 1.29 is 4.55 Å². The highest BCUT2D eigenvalue weighted by Gasteiger charge is 2.29. The third-order valence-corrected chi connectivity index (χ3v) is 4.24. The molecule has 0 aliphatic carbocycles. The molecule has 0 amide bonds. The summed E-state index contributed by atoms with van der Waals surface area (Å²) in [7, 11) is 0. The Balaban J connectivity index is 2.87. The highest BCUT2D eigenvalue weighted by Crippen LogP contribution is 2.22. The molecule has 0 aromatic heterocycles. The van der Waals surface area contributed by atoms with Crippen LogP contribution in [0.25, 0.3) is 0 Å². The Hall–Kier alpha value is -1.02. The van der Waals surface area contributed by atoms with E-state index in [0.29, 0.717) is 5.56 Å². The Morgan fingerprint density at radius 1 is 1.44 bits per heavy atom. The molecule has 0 aliphatic heterocycles. The Kier molecular flexibility index (Phi) is 5.21. The van der Waals surface area contributed by atoms with Gasteiger partial charge in [-0.3, -0.25) is 0 Å². The zero-order chi connectivity index (χ0) is 13.8. The largest absolute Gasteiger partial charge is 0.598 e. The van der Waals surface area contributed by atoms with Crippen molar-refractivity contribution in [3.8, 4) is 6.07 Å². The summed E-state index contributed by atoms with van der Waals surface area (Å²) in [5, 5.41) is 8.90. The van der Waals surface area contributed by atoms with Crippen molar-refractivity contribution in [1.82, 2.24) is 4.72 Å². The fourth-order valence-corrected chi connectivity index (χ4v) is 2.43. The van der Waals surface area contributed by atoms with Crippen molar-refractivity contribution in [1.29, 1.82) is 5.26 Å². The van der Waals surface area contributed by atoms with E-state index in [-0.39, 0.29) is 10.8 Å². The van der Waals surface area contributed by atoms with E-state index in [2.05, 4.69) is 10.8 Å². The summed E-state index contributed by atoms with van der Waals surface area (Å²) in [5.41, 5.74) is 1.64. The quantitative estimate of drug-likeness (QED) is 0.850. The van der Waals surface area contributed by atoms with Crippen LogP contribution in [-0.2, 0) is 11.4 Å². The molecule has 0 spiro atoms. The van der Waals surface area contributed by atoms with Crippen LogP contribution in [0.2, 0.25) is 0 Å². The van der Waals surface area contributed by atoms with Gasteiger partial charge < -0.3 is 4.55 Å². The molecule has 98 valence electrons. The number of benzene rings is 1. The summed E-state index contributed by atoms with van der Waals surface area (Å²) in [5.74, 6) is 0. The lowest BCUT2D eigenvalue weighted by molar-refractivity contribution is 0.519. The molecule has 0 saturated carbocycles. The van der Waals surface area contributed by atoms with Crippen LogP contribution >= 0.6 is 0 Å². The van der Waals surface area contributed by atoms with Gasteiger partial charge in [-0.2, -0.15) is 5.26 Å². The number of rotatable bonds is 4. The van der Waals surface area contributed by atoms with Crippen molar-refractivity contribution in [2.45, 2.75) is 44.9 Å². The maximum absolute atomic E-state index is 12.1. The van der Waals surface area contributed by atoms with Crippen LogP contribution in [0.4, 0.5) is 0 Å². The molecule has 1 aromatic carbocycles. The van der Waals surface area contributed by atoms with Crippen molar-refractivity contribution in [2.24, 2.45) is 0 Å². The first kappa shape index (κ1) is 15.0. The predicted molar refractivity (Wildman–Crippen MR) is 75.2 cm³/mol. The molecule has 2 atom stereocenters. The summed E-state index contributed by atoms with van der Waals surface area (Å²) in [6.07, 6.45) is 0.830. The first-order valence-corrected chi connectivity index (χ1v) is 7.21. The van der Waals surface area contributed by atoms with E-state index in [9.17, 15) is 4.55 Å². The second-order valence-corrected chi connectivity index (χ2v) is 7.19. The zero-order valence-electron chi connectivity index (χ0n) is 11.4. The maximum Gasteiger partial charge on any atom is 0.136 e. The second kappa shape index (κ2) is 6.24. The van der Waals surface area contributed by atoms with Gasteiger partial charge in [-0.05, 0) is 44.9 Å². The molecule has 3 nitrogen and oxygen atoms in total. The van der Waals surface area contributed by atoms with E-state index in [1.54, 1.807) is 6.07 Å². The van der Waals surface area contributed by atoms with Gasteiger partial charge in [0.15, 0.2) is 0 Å². The van der Waals surface area contributed by atoms with Crippen LogP contribution in [-0.4, -0.2) is 9.30 Å². The predicted octanol–water partition coefficient (Wildman–Crippen LogP) is 3.06. The van der Waals surface area contributed by atoms with Crippen LogP contribution in [0, 0.1) is 11.3 Å². The average Bonchev–Trinajstić information content (AvgIpc) is 2.34. The van der Waals surface area contributed by atoms with Gasteiger partial charge in [0.2, 0.25) is 0 Å². The van der Waals surface area contributed by atoms with E-state index in [1.807, 2.05) is 45.9 Å². The van der Waals surface area contributed by atoms with E-state index in [4.69, 9.17) is 5.26 Å². The number of nitrogens with one attached hydrogen (secondary N) is 1.